The van der Waals surface area contributed by atoms with Gasteiger partial charge in [-0.2, -0.15) is 0 Å². The predicted molar refractivity (Wildman–Crippen MR) is 82.5 cm³/mol. The van der Waals surface area contributed by atoms with Crippen LogP contribution in [-0.4, -0.2) is 0 Å². The van der Waals surface area contributed by atoms with Gasteiger partial charge in [-0.1, -0.05) is 44.6 Å². The van der Waals surface area contributed by atoms with Crippen LogP contribution in [0.15, 0.2) is 18.2 Å². The Morgan fingerprint density at radius 2 is 1.05 bits per heavy atom. The smallest absolute Gasteiger partial charge is 0.0319 e. The summed E-state index contributed by atoms with van der Waals surface area (Å²) in [7, 11) is 0. The van der Waals surface area contributed by atoms with Crippen LogP contribution in [0.25, 0.3) is 0 Å². The zero-order valence-corrected chi connectivity index (χ0v) is 12.0. The molecule has 1 nitrogen and oxygen atoms in total. The minimum atomic E-state index is 0.777. The van der Waals surface area contributed by atoms with Gasteiger partial charge in [0.05, 0.1) is 0 Å². The molecule has 0 saturated heterocycles. The van der Waals surface area contributed by atoms with E-state index in [1.807, 2.05) is 0 Å². The molecule has 2 fully saturated rings. The Morgan fingerprint density at radius 1 is 0.632 bits per heavy atom. The van der Waals surface area contributed by atoms with Gasteiger partial charge in [-0.25, -0.2) is 0 Å². The van der Waals surface area contributed by atoms with Gasteiger partial charge in [-0.15, -0.1) is 0 Å². The molecule has 0 aliphatic heterocycles. The summed E-state index contributed by atoms with van der Waals surface area (Å²) in [5.41, 5.74) is 10.2. The Hall–Kier alpha value is -0.980. The fourth-order valence-corrected chi connectivity index (χ4v) is 4.05. The second-order valence-corrected chi connectivity index (χ2v) is 6.60. The summed E-state index contributed by atoms with van der Waals surface area (Å²) in [6.07, 6.45) is 13.9. The second-order valence-electron chi connectivity index (χ2n) is 6.60. The van der Waals surface area contributed by atoms with Crippen LogP contribution < -0.4 is 5.73 Å². The van der Waals surface area contributed by atoms with Gasteiger partial charge < -0.3 is 5.73 Å². The average molecular weight is 257 g/mol. The highest BCUT2D eigenvalue weighted by Gasteiger charge is 2.20. The maximum absolute atomic E-state index is 6.17. The van der Waals surface area contributed by atoms with E-state index in [-0.39, 0.29) is 0 Å². The van der Waals surface area contributed by atoms with Crippen molar-refractivity contribution in [2.75, 3.05) is 5.73 Å². The lowest BCUT2D eigenvalue weighted by atomic mass is 9.80. The third-order valence-corrected chi connectivity index (χ3v) is 5.15. The van der Waals surface area contributed by atoms with E-state index in [1.54, 1.807) is 0 Å². The zero-order valence-electron chi connectivity index (χ0n) is 12.0. The van der Waals surface area contributed by atoms with Crippen molar-refractivity contribution in [3.63, 3.8) is 0 Å². The molecule has 2 aliphatic carbocycles. The van der Waals surface area contributed by atoms with Crippen molar-refractivity contribution in [3.05, 3.63) is 29.3 Å². The van der Waals surface area contributed by atoms with Gasteiger partial charge in [0, 0.05) is 5.69 Å². The summed E-state index contributed by atoms with van der Waals surface area (Å²) in [4.78, 5) is 0. The number of anilines is 1. The molecule has 0 atom stereocenters. The minimum Gasteiger partial charge on any atom is -0.399 e. The van der Waals surface area contributed by atoms with Crippen molar-refractivity contribution in [2.24, 2.45) is 0 Å². The van der Waals surface area contributed by atoms with E-state index in [0.717, 1.165) is 17.5 Å². The summed E-state index contributed by atoms with van der Waals surface area (Å²) in [5, 5.41) is 0. The normalized spacial score (nSPS) is 22.5. The number of nitrogens with two attached hydrogens (primary N) is 1. The molecule has 0 amide bonds. The first kappa shape index (κ1) is 13.0. The first-order chi connectivity index (χ1) is 9.33. The molecule has 0 heterocycles. The first-order valence-electron chi connectivity index (χ1n) is 8.23. The van der Waals surface area contributed by atoms with Crippen LogP contribution in [0.2, 0.25) is 0 Å². The predicted octanol–water partition coefficient (Wildman–Crippen LogP) is 5.36. The number of rotatable bonds is 2. The number of hydrogen-bond donors (Lipinski definition) is 1. The highest BCUT2D eigenvalue weighted by Crippen LogP contribution is 2.38. The largest absolute Gasteiger partial charge is 0.399 e. The van der Waals surface area contributed by atoms with E-state index in [1.165, 1.54) is 75.3 Å². The van der Waals surface area contributed by atoms with Crippen molar-refractivity contribution < 1.29 is 0 Å². The molecule has 1 heteroatoms. The Morgan fingerprint density at radius 3 is 1.47 bits per heavy atom. The van der Waals surface area contributed by atoms with Crippen LogP contribution in [0.4, 0.5) is 5.69 Å². The Labute approximate surface area is 117 Å². The van der Waals surface area contributed by atoms with E-state index < -0.39 is 0 Å². The number of hydrogen-bond acceptors (Lipinski definition) is 1. The van der Waals surface area contributed by atoms with Gasteiger partial charge in [0.2, 0.25) is 0 Å². The molecule has 1 aromatic carbocycles. The Kier molecular flexibility index (Phi) is 4.10. The summed E-state index contributed by atoms with van der Waals surface area (Å²) >= 11 is 0. The maximum atomic E-state index is 6.17. The van der Waals surface area contributed by atoms with E-state index in [4.69, 9.17) is 5.73 Å². The second kappa shape index (κ2) is 5.98. The highest BCUT2D eigenvalue weighted by molar-refractivity contribution is 5.47. The lowest BCUT2D eigenvalue weighted by Gasteiger charge is -2.26. The van der Waals surface area contributed by atoms with Gasteiger partial charge >= 0.3 is 0 Å². The molecule has 0 unspecified atom stereocenters. The molecule has 0 radical (unpaired) electrons. The Bertz CT molecular complexity index is 375. The number of benzene rings is 1. The van der Waals surface area contributed by atoms with E-state index in [9.17, 15) is 0 Å². The summed E-state index contributed by atoms with van der Waals surface area (Å²) in [6, 6.07) is 6.97. The molecular formula is C18H27N. The summed E-state index contributed by atoms with van der Waals surface area (Å²) in [6.45, 7) is 0. The van der Waals surface area contributed by atoms with Crippen LogP contribution in [0.3, 0.4) is 0 Å². The monoisotopic (exact) mass is 257 g/mol. The average Bonchev–Trinajstić information content (AvgIpc) is 2.48. The van der Waals surface area contributed by atoms with Gasteiger partial charge in [0.25, 0.3) is 0 Å². The molecule has 3 rings (SSSR count). The zero-order chi connectivity index (χ0) is 13.1. The quantitative estimate of drug-likeness (QED) is 0.709. The van der Waals surface area contributed by atoms with Gasteiger partial charge in [0.15, 0.2) is 0 Å². The molecule has 2 aliphatic rings. The molecule has 2 saturated carbocycles. The van der Waals surface area contributed by atoms with Crippen molar-refractivity contribution in [3.8, 4) is 0 Å². The van der Waals surface area contributed by atoms with Crippen LogP contribution in [0, 0.1) is 0 Å². The lowest BCUT2D eigenvalue weighted by molar-refractivity contribution is 0.435. The molecule has 104 valence electrons. The molecule has 19 heavy (non-hydrogen) atoms. The molecule has 0 aromatic heterocycles. The number of nitrogen functional groups attached to an aromatic ring is 1. The van der Waals surface area contributed by atoms with Crippen molar-refractivity contribution in [1.29, 1.82) is 0 Å². The molecule has 1 aromatic rings. The van der Waals surface area contributed by atoms with E-state index >= 15 is 0 Å². The van der Waals surface area contributed by atoms with Crippen molar-refractivity contribution in [1.82, 2.24) is 0 Å². The van der Waals surface area contributed by atoms with Crippen LogP contribution >= 0.6 is 0 Å². The third kappa shape index (κ3) is 3.13. The van der Waals surface area contributed by atoms with Crippen LogP contribution in [-0.2, 0) is 0 Å². The van der Waals surface area contributed by atoms with Gasteiger partial charge in [0.1, 0.15) is 0 Å². The summed E-state index contributed by atoms with van der Waals surface area (Å²) < 4.78 is 0. The lowest BCUT2D eigenvalue weighted by Crippen LogP contribution is -2.09. The molecule has 2 N–H and O–H groups in total. The third-order valence-electron chi connectivity index (χ3n) is 5.15. The fourth-order valence-electron chi connectivity index (χ4n) is 4.05. The van der Waals surface area contributed by atoms with E-state index in [2.05, 4.69) is 18.2 Å². The minimum absolute atomic E-state index is 0.777. The molecular weight excluding hydrogens is 230 g/mol. The van der Waals surface area contributed by atoms with E-state index in [0.29, 0.717) is 0 Å². The van der Waals surface area contributed by atoms with Crippen LogP contribution in [0.5, 0.6) is 0 Å². The Balaban J connectivity index is 1.82. The first-order valence-corrected chi connectivity index (χ1v) is 8.23. The van der Waals surface area contributed by atoms with Crippen molar-refractivity contribution in [2.45, 2.75) is 76.0 Å². The fraction of sp³-hybridized carbons (Fsp3) is 0.667. The van der Waals surface area contributed by atoms with Gasteiger partial charge in [-0.05, 0) is 60.8 Å². The molecule has 0 spiro atoms. The highest BCUT2D eigenvalue weighted by atomic mass is 14.5. The SMILES string of the molecule is Nc1cc(C2CCCCC2)cc(C2CCCCC2)c1. The molecule has 0 bridgehead atoms. The van der Waals surface area contributed by atoms with Crippen molar-refractivity contribution >= 4 is 5.69 Å². The van der Waals surface area contributed by atoms with Crippen LogP contribution in [0.1, 0.15) is 87.2 Å². The maximum Gasteiger partial charge on any atom is 0.0319 e. The topological polar surface area (TPSA) is 26.0 Å². The van der Waals surface area contributed by atoms with Gasteiger partial charge in [-0.3, -0.25) is 0 Å². The summed E-state index contributed by atoms with van der Waals surface area (Å²) in [5.74, 6) is 1.55. The standard InChI is InChI=1S/C18H27N/c19-18-12-16(14-7-3-1-4-8-14)11-17(13-18)15-9-5-2-6-10-15/h11-15H,1-10,19H2.